The van der Waals surface area contributed by atoms with Crippen LogP contribution in [0.15, 0.2) is 41.1 Å². The van der Waals surface area contributed by atoms with Crippen LogP contribution in [0, 0.1) is 11.8 Å². The van der Waals surface area contributed by atoms with E-state index in [1.165, 1.54) is 12.3 Å². The van der Waals surface area contributed by atoms with Gasteiger partial charge in [-0.1, -0.05) is 29.1 Å². The summed E-state index contributed by atoms with van der Waals surface area (Å²) >= 11 is 0. The molecule has 1 aromatic heterocycles. The molecule has 0 radical (unpaired) electrons. The maximum absolute atomic E-state index is 11.6. The van der Waals surface area contributed by atoms with E-state index >= 15 is 0 Å². The van der Waals surface area contributed by atoms with Crippen molar-refractivity contribution >= 4 is 5.91 Å². The van der Waals surface area contributed by atoms with Gasteiger partial charge < -0.3 is 14.9 Å². The molecule has 2 rings (SSSR count). The Balaban J connectivity index is 1.98. The number of nitrogens with zero attached hydrogens (tertiary/aromatic N) is 1. The summed E-state index contributed by atoms with van der Waals surface area (Å²) < 4.78 is 4.60. The number of aliphatic hydroxyl groups is 1. The molecule has 0 atom stereocenters. The van der Waals surface area contributed by atoms with Crippen molar-refractivity contribution in [1.29, 1.82) is 0 Å². The molecule has 0 bridgehead atoms. The quantitative estimate of drug-likeness (QED) is 0.802. The molecule has 2 aromatic rings. The highest BCUT2D eigenvalue weighted by Gasteiger charge is 2.07. The largest absolute Gasteiger partial charge is 0.384 e. The fourth-order valence-electron chi connectivity index (χ4n) is 1.50. The van der Waals surface area contributed by atoms with E-state index < -0.39 is 0 Å². The van der Waals surface area contributed by atoms with Gasteiger partial charge in [0.1, 0.15) is 12.9 Å². The summed E-state index contributed by atoms with van der Waals surface area (Å²) in [6, 6.07) is 8.92. The van der Waals surface area contributed by atoms with Gasteiger partial charge in [-0.2, -0.15) is 0 Å². The molecule has 1 heterocycles. The van der Waals surface area contributed by atoms with E-state index in [0.717, 1.165) is 11.1 Å². The fraction of sp³-hybridized carbons (Fsp3) is 0.143. The Morgan fingerprint density at radius 2 is 2.32 bits per heavy atom. The van der Waals surface area contributed by atoms with Gasteiger partial charge in [0.2, 0.25) is 0 Å². The first-order valence-corrected chi connectivity index (χ1v) is 5.67. The van der Waals surface area contributed by atoms with Crippen LogP contribution in [0.5, 0.6) is 0 Å². The number of amides is 1. The molecular weight excluding hydrogens is 244 g/mol. The Morgan fingerprint density at radius 3 is 3.05 bits per heavy atom. The lowest BCUT2D eigenvalue weighted by Crippen LogP contribution is -2.23. The zero-order valence-corrected chi connectivity index (χ0v) is 10.1. The van der Waals surface area contributed by atoms with Crippen molar-refractivity contribution in [3.63, 3.8) is 0 Å². The van der Waals surface area contributed by atoms with Crippen LogP contribution >= 0.6 is 0 Å². The number of hydrogen-bond donors (Lipinski definition) is 2. The molecule has 0 spiro atoms. The van der Waals surface area contributed by atoms with E-state index in [0.29, 0.717) is 6.54 Å². The molecule has 0 saturated heterocycles. The maximum Gasteiger partial charge on any atom is 0.273 e. The molecule has 0 aliphatic rings. The van der Waals surface area contributed by atoms with Crippen LogP contribution in [-0.2, 0) is 6.54 Å². The molecule has 0 aliphatic carbocycles. The standard InChI is InChI=1S/C14H12N2O3/c17-7-2-5-11-3-1-4-12(9-11)10-15-14(18)13-6-8-19-16-13/h1,3-4,6,8-9,17H,7,10H2,(H,15,18). The SMILES string of the molecule is O=C(NCc1cccc(C#CCO)c1)c1ccon1. The minimum atomic E-state index is -0.291. The third-order valence-corrected chi connectivity index (χ3v) is 2.36. The molecule has 1 amide bonds. The van der Waals surface area contributed by atoms with Crippen LogP contribution in [0.3, 0.4) is 0 Å². The van der Waals surface area contributed by atoms with Crippen molar-refractivity contribution in [3.8, 4) is 11.8 Å². The highest BCUT2D eigenvalue weighted by Crippen LogP contribution is 2.04. The topological polar surface area (TPSA) is 75.4 Å². The average Bonchev–Trinajstić information content (AvgIpc) is 2.97. The number of aliphatic hydroxyl groups excluding tert-OH is 1. The molecule has 5 heteroatoms. The van der Waals surface area contributed by atoms with Gasteiger partial charge in [-0.3, -0.25) is 4.79 Å². The molecule has 96 valence electrons. The summed E-state index contributed by atoms with van der Waals surface area (Å²) in [6.45, 7) is 0.202. The van der Waals surface area contributed by atoms with Crippen LogP contribution in [0.4, 0.5) is 0 Å². The van der Waals surface area contributed by atoms with Gasteiger partial charge in [0.15, 0.2) is 5.69 Å². The Bertz CT molecular complexity index is 609. The molecule has 0 unspecified atom stereocenters. The zero-order chi connectivity index (χ0) is 13.5. The number of benzene rings is 1. The third-order valence-electron chi connectivity index (χ3n) is 2.36. The van der Waals surface area contributed by atoms with E-state index in [9.17, 15) is 4.79 Å². The first-order valence-electron chi connectivity index (χ1n) is 5.67. The summed E-state index contributed by atoms with van der Waals surface area (Å²) in [6.07, 6.45) is 1.35. The van der Waals surface area contributed by atoms with Gasteiger partial charge in [0.25, 0.3) is 5.91 Å². The summed E-state index contributed by atoms with van der Waals surface area (Å²) in [5, 5.41) is 14.9. The van der Waals surface area contributed by atoms with E-state index in [2.05, 4.69) is 26.8 Å². The molecule has 2 N–H and O–H groups in total. The normalized spacial score (nSPS) is 9.53. The van der Waals surface area contributed by atoms with Crippen molar-refractivity contribution in [3.05, 3.63) is 53.4 Å². The lowest BCUT2D eigenvalue weighted by atomic mass is 10.1. The molecule has 0 aliphatic heterocycles. The van der Waals surface area contributed by atoms with Crippen molar-refractivity contribution < 1.29 is 14.4 Å². The van der Waals surface area contributed by atoms with Gasteiger partial charge in [-0.25, -0.2) is 0 Å². The molecule has 1 aromatic carbocycles. The summed E-state index contributed by atoms with van der Waals surface area (Å²) in [7, 11) is 0. The number of aromatic nitrogens is 1. The van der Waals surface area contributed by atoms with Crippen LogP contribution < -0.4 is 5.32 Å². The number of carbonyl (C=O) groups excluding carboxylic acids is 1. The average molecular weight is 256 g/mol. The Hall–Kier alpha value is -2.58. The van der Waals surface area contributed by atoms with Crippen LogP contribution in [-0.4, -0.2) is 22.8 Å². The fourth-order valence-corrected chi connectivity index (χ4v) is 1.50. The monoisotopic (exact) mass is 256 g/mol. The number of hydrogen-bond acceptors (Lipinski definition) is 4. The molecule has 0 fully saturated rings. The van der Waals surface area contributed by atoms with Crippen molar-refractivity contribution in [2.45, 2.75) is 6.54 Å². The highest BCUT2D eigenvalue weighted by atomic mass is 16.5. The van der Waals surface area contributed by atoms with Crippen molar-refractivity contribution in [2.75, 3.05) is 6.61 Å². The van der Waals surface area contributed by atoms with Crippen LogP contribution in [0.1, 0.15) is 21.6 Å². The van der Waals surface area contributed by atoms with E-state index in [-0.39, 0.29) is 18.2 Å². The summed E-state index contributed by atoms with van der Waals surface area (Å²) in [4.78, 5) is 11.6. The minimum absolute atomic E-state index is 0.173. The predicted molar refractivity (Wildman–Crippen MR) is 68.1 cm³/mol. The van der Waals surface area contributed by atoms with Crippen molar-refractivity contribution in [1.82, 2.24) is 10.5 Å². The van der Waals surface area contributed by atoms with E-state index in [1.54, 1.807) is 0 Å². The second-order valence-corrected chi connectivity index (χ2v) is 3.73. The van der Waals surface area contributed by atoms with Gasteiger partial charge in [0.05, 0.1) is 0 Å². The third kappa shape index (κ3) is 3.69. The smallest absolute Gasteiger partial charge is 0.273 e. The van der Waals surface area contributed by atoms with Gasteiger partial charge in [0, 0.05) is 18.2 Å². The minimum Gasteiger partial charge on any atom is -0.384 e. The summed E-state index contributed by atoms with van der Waals surface area (Å²) in [5.41, 5.74) is 1.96. The second kappa shape index (κ2) is 6.38. The Kier molecular flexibility index (Phi) is 4.32. The molecule has 0 saturated carbocycles. The molecule has 19 heavy (non-hydrogen) atoms. The highest BCUT2D eigenvalue weighted by molar-refractivity contribution is 5.91. The Labute approximate surface area is 110 Å². The lowest BCUT2D eigenvalue weighted by Gasteiger charge is -2.03. The summed E-state index contributed by atoms with van der Waals surface area (Å²) in [5.74, 6) is 5.09. The van der Waals surface area contributed by atoms with Crippen molar-refractivity contribution in [2.24, 2.45) is 0 Å². The van der Waals surface area contributed by atoms with E-state index in [4.69, 9.17) is 5.11 Å². The zero-order valence-electron chi connectivity index (χ0n) is 10.1. The van der Waals surface area contributed by atoms with Crippen LogP contribution in [0.25, 0.3) is 0 Å². The van der Waals surface area contributed by atoms with Crippen LogP contribution in [0.2, 0.25) is 0 Å². The van der Waals surface area contributed by atoms with E-state index in [1.807, 2.05) is 24.3 Å². The second-order valence-electron chi connectivity index (χ2n) is 3.73. The maximum atomic E-state index is 11.6. The number of nitrogens with one attached hydrogen (secondary N) is 1. The lowest BCUT2D eigenvalue weighted by molar-refractivity contribution is 0.0942. The Morgan fingerprint density at radius 1 is 1.42 bits per heavy atom. The number of rotatable bonds is 3. The predicted octanol–water partition coefficient (Wildman–Crippen LogP) is 0.948. The first kappa shape index (κ1) is 12.9. The first-order chi connectivity index (χ1) is 9.29. The van der Waals surface area contributed by atoms with Gasteiger partial charge in [-0.05, 0) is 17.7 Å². The van der Waals surface area contributed by atoms with Gasteiger partial charge >= 0.3 is 0 Å². The van der Waals surface area contributed by atoms with Gasteiger partial charge in [-0.15, -0.1) is 0 Å². The number of carbonyl (C=O) groups is 1. The molecule has 5 nitrogen and oxygen atoms in total. The molecular formula is C14H12N2O3.